The second-order valence-corrected chi connectivity index (χ2v) is 5.67. The number of hydrogen-bond donors (Lipinski definition) is 2. The topological polar surface area (TPSA) is 64.1 Å². The predicted octanol–water partition coefficient (Wildman–Crippen LogP) is 3.32. The first-order valence-electron chi connectivity index (χ1n) is 7.66. The summed E-state index contributed by atoms with van der Waals surface area (Å²) < 4.78 is 5.65. The number of nitrogens with two attached hydrogens (primary N) is 1. The van der Waals surface area contributed by atoms with E-state index in [1.165, 1.54) is 25.7 Å². The molecule has 0 bridgehead atoms. The molecule has 4 heteroatoms. The number of rotatable bonds is 4. The molecule has 3 N–H and O–H groups in total. The van der Waals surface area contributed by atoms with E-state index < -0.39 is 0 Å². The van der Waals surface area contributed by atoms with Crippen molar-refractivity contribution < 1.29 is 4.42 Å². The molecule has 0 aliphatic heterocycles. The average Bonchev–Trinajstić information content (AvgIpc) is 2.90. The Hall–Kier alpha value is -1.55. The Morgan fingerprint density at radius 3 is 3.00 bits per heavy atom. The van der Waals surface area contributed by atoms with Gasteiger partial charge in [-0.1, -0.05) is 19.8 Å². The van der Waals surface area contributed by atoms with E-state index in [1.54, 1.807) is 0 Å². The van der Waals surface area contributed by atoms with Crippen molar-refractivity contribution in [1.29, 1.82) is 0 Å². The van der Waals surface area contributed by atoms with Gasteiger partial charge in [0.15, 0.2) is 11.5 Å². The molecular weight excluding hydrogens is 250 g/mol. The minimum atomic E-state index is 0.490. The Morgan fingerprint density at radius 1 is 1.35 bits per heavy atom. The summed E-state index contributed by atoms with van der Waals surface area (Å²) in [5, 5.41) is 3.64. The van der Waals surface area contributed by atoms with Gasteiger partial charge in [0.1, 0.15) is 5.52 Å². The Labute approximate surface area is 119 Å². The van der Waals surface area contributed by atoms with Crippen molar-refractivity contribution in [3.05, 3.63) is 24.1 Å². The quantitative estimate of drug-likeness (QED) is 0.897. The first-order valence-corrected chi connectivity index (χ1v) is 7.66. The molecule has 4 nitrogen and oxygen atoms in total. The van der Waals surface area contributed by atoms with E-state index in [9.17, 15) is 0 Å². The molecular formula is C16H23N3O. The molecule has 1 aliphatic rings. The molecule has 0 amide bonds. The van der Waals surface area contributed by atoms with Crippen LogP contribution in [0.4, 0.5) is 5.69 Å². The van der Waals surface area contributed by atoms with Gasteiger partial charge in [-0.05, 0) is 43.5 Å². The molecule has 2 aromatic rings. The summed E-state index contributed by atoms with van der Waals surface area (Å²) in [4.78, 5) is 4.49. The number of fused-ring (bicyclic) bond motifs is 1. The molecule has 1 aromatic heterocycles. The van der Waals surface area contributed by atoms with E-state index in [2.05, 4.69) is 29.4 Å². The van der Waals surface area contributed by atoms with E-state index in [-0.39, 0.29) is 0 Å². The number of oxazole rings is 1. The number of nitrogens with zero attached hydrogens (tertiary/aromatic N) is 1. The van der Waals surface area contributed by atoms with Gasteiger partial charge in [-0.2, -0.15) is 0 Å². The third kappa shape index (κ3) is 2.66. The lowest BCUT2D eigenvalue weighted by Gasteiger charge is -2.32. The van der Waals surface area contributed by atoms with Crippen LogP contribution in [0.5, 0.6) is 0 Å². The number of hydrogen-bond acceptors (Lipinski definition) is 4. The molecule has 2 unspecified atom stereocenters. The molecule has 108 valence electrons. The van der Waals surface area contributed by atoms with Gasteiger partial charge in [0.2, 0.25) is 0 Å². The minimum absolute atomic E-state index is 0.490. The third-order valence-corrected chi connectivity index (χ3v) is 4.30. The molecule has 2 atom stereocenters. The Bertz CT molecular complexity index is 578. The van der Waals surface area contributed by atoms with Gasteiger partial charge in [-0.3, -0.25) is 0 Å². The van der Waals surface area contributed by atoms with Crippen LogP contribution < -0.4 is 11.1 Å². The van der Waals surface area contributed by atoms with Crippen molar-refractivity contribution in [3.8, 4) is 0 Å². The molecule has 3 rings (SSSR count). The lowest BCUT2D eigenvalue weighted by molar-refractivity contribution is 0.332. The number of aryl methyl sites for hydroxylation is 1. The molecule has 1 aliphatic carbocycles. The van der Waals surface area contributed by atoms with Crippen LogP contribution in [0.15, 0.2) is 22.6 Å². The molecule has 0 radical (unpaired) electrons. The van der Waals surface area contributed by atoms with Crippen molar-refractivity contribution in [2.45, 2.75) is 45.1 Å². The normalized spacial score (nSPS) is 23.1. The monoisotopic (exact) mass is 273 g/mol. The highest BCUT2D eigenvalue weighted by Crippen LogP contribution is 2.28. The highest BCUT2D eigenvalue weighted by Gasteiger charge is 2.23. The first kappa shape index (κ1) is 13.4. The van der Waals surface area contributed by atoms with Gasteiger partial charge in [-0.25, -0.2) is 4.98 Å². The van der Waals surface area contributed by atoms with E-state index in [0.29, 0.717) is 12.0 Å². The molecule has 1 aromatic carbocycles. The van der Waals surface area contributed by atoms with Crippen LogP contribution in [-0.2, 0) is 6.42 Å². The maximum absolute atomic E-state index is 5.89. The average molecular weight is 273 g/mol. The molecule has 1 heterocycles. The number of anilines is 1. The lowest BCUT2D eigenvalue weighted by Crippen LogP contribution is -2.36. The van der Waals surface area contributed by atoms with Crippen LogP contribution in [0.3, 0.4) is 0 Å². The van der Waals surface area contributed by atoms with Gasteiger partial charge < -0.3 is 15.5 Å². The van der Waals surface area contributed by atoms with Crippen LogP contribution in [-0.4, -0.2) is 17.6 Å². The van der Waals surface area contributed by atoms with Gasteiger partial charge in [-0.15, -0.1) is 0 Å². The van der Waals surface area contributed by atoms with Crippen molar-refractivity contribution in [2.75, 3.05) is 11.9 Å². The van der Waals surface area contributed by atoms with Crippen molar-refractivity contribution in [2.24, 2.45) is 11.7 Å². The summed E-state index contributed by atoms with van der Waals surface area (Å²) in [5.74, 6) is 1.39. The van der Waals surface area contributed by atoms with Crippen molar-refractivity contribution >= 4 is 16.8 Å². The summed E-state index contributed by atoms with van der Waals surface area (Å²) in [6, 6.07) is 6.66. The third-order valence-electron chi connectivity index (χ3n) is 4.30. The van der Waals surface area contributed by atoms with E-state index in [4.69, 9.17) is 10.2 Å². The minimum Gasteiger partial charge on any atom is -0.441 e. The van der Waals surface area contributed by atoms with Gasteiger partial charge >= 0.3 is 0 Å². The van der Waals surface area contributed by atoms with Gasteiger partial charge in [0.25, 0.3) is 0 Å². The highest BCUT2D eigenvalue weighted by molar-refractivity contribution is 5.77. The van der Waals surface area contributed by atoms with Crippen LogP contribution >= 0.6 is 0 Å². The maximum Gasteiger partial charge on any atom is 0.195 e. The van der Waals surface area contributed by atoms with Crippen LogP contribution in [0, 0.1) is 5.92 Å². The molecule has 1 saturated carbocycles. The summed E-state index contributed by atoms with van der Waals surface area (Å²) in [6.45, 7) is 2.82. The Morgan fingerprint density at radius 2 is 2.20 bits per heavy atom. The highest BCUT2D eigenvalue weighted by atomic mass is 16.3. The van der Waals surface area contributed by atoms with Crippen molar-refractivity contribution in [3.63, 3.8) is 0 Å². The zero-order chi connectivity index (χ0) is 13.9. The molecule has 20 heavy (non-hydrogen) atoms. The zero-order valence-electron chi connectivity index (χ0n) is 12.1. The fourth-order valence-electron chi connectivity index (χ4n) is 3.11. The molecule has 1 fully saturated rings. The number of benzene rings is 1. The summed E-state index contributed by atoms with van der Waals surface area (Å²) in [6.07, 6.45) is 5.87. The largest absolute Gasteiger partial charge is 0.441 e. The molecule has 0 spiro atoms. The smallest absolute Gasteiger partial charge is 0.195 e. The van der Waals surface area contributed by atoms with Gasteiger partial charge in [0, 0.05) is 18.2 Å². The zero-order valence-corrected chi connectivity index (χ0v) is 12.1. The molecule has 0 saturated heterocycles. The second-order valence-electron chi connectivity index (χ2n) is 5.67. The van der Waals surface area contributed by atoms with Crippen LogP contribution in [0.2, 0.25) is 0 Å². The Kier molecular flexibility index (Phi) is 3.92. The number of aromatic nitrogens is 1. The SMILES string of the molecule is CCc1nc2cc(NC3CCCCC3CN)ccc2o1. The fraction of sp³-hybridized carbons (Fsp3) is 0.562. The second kappa shape index (κ2) is 5.83. The predicted molar refractivity (Wildman–Crippen MR) is 81.8 cm³/mol. The summed E-state index contributed by atoms with van der Waals surface area (Å²) in [5.41, 5.74) is 8.82. The van der Waals surface area contributed by atoms with E-state index in [1.807, 2.05) is 6.07 Å². The van der Waals surface area contributed by atoms with E-state index in [0.717, 1.165) is 35.6 Å². The van der Waals surface area contributed by atoms with Crippen LogP contribution in [0.1, 0.15) is 38.5 Å². The fourth-order valence-corrected chi connectivity index (χ4v) is 3.11. The van der Waals surface area contributed by atoms with Crippen molar-refractivity contribution in [1.82, 2.24) is 4.98 Å². The van der Waals surface area contributed by atoms with Crippen LogP contribution in [0.25, 0.3) is 11.1 Å². The lowest BCUT2D eigenvalue weighted by atomic mass is 9.84. The van der Waals surface area contributed by atoms with Gasteiger partial charge in [0.05, 0.1) is 0 Å². The Balaban J connectivity index is 1.79. The number of nitrogens with one attached hydrogen (secondary N) is 1. The maximum atomic E-state index is 5.89. The first-order chi connectivity index (χ1) is 9.80. The summed E-state index contributed by atoms with van der Waals surface area (Å²) in [7, 11) is 0. The summed E-state index contributed by atoms with van der Waals surface area (Å²) >= 11 is 0. The van der Waals surface area contributed by atoms with E-state index >= 15 is 0 Å². The standard InChI is InChI=1S/C16H23N3O/c1-2-16-19-14-9-12(7-8-15(14)20-16)18-13-6-4-3-5-11(13)10-17/h7-9,11,13,18H,2-6,10,17H2,1H3.